The Kier molecular flexibility index (Phi) is 6.14. The number of halogens is 2. The number of thiocarbonyl (C=S) groups is 1. The van der Waals surface area contributed by atoms with Gasteiger partial charge < -0.3 is 24.8 Å². The Hall–Kier alpha value is -2.61. The van der Waals surface area contributed by atoms with Crippen molar-refractivity contribution in [1.82, 2.24) is 0 Å². The summed E-state index contributed by atoms with van der Waals surface area (Å²) in [5, 5.41) is 5.97. The number of ether oxygens (including phenoxy) is 3. The van der Waals surface area contributed by atoms with Crippen molar-refractivity contribution >= 4 is 28.7 Å². The summed E-state index contributed by atoms with van der Waals surface area (Å²) in [6.45, 7) is -2.92. The van der Waals surface area contributed by atoms with Crippen LogP contribution < -0.4 is 24.8 Å². The highest BCUT2D eigenvalue weighted by Gasteiger charge is 2.11. The first kappa shape index (κ1) is 17.7. The van der Waals surface area contributed by atoms with Gasteiger partial charge in [-0.1, -0.05) is 12.1 Å². The molecular weight excluding hydrogens is 338 g/mol. The van der Waals surface area contributed by atoms with Crippen molar-refractivity contribution in [2.24, 2.45) is 0 Å². The lowest BCUT2D eigenvalue weighted by Gasteiger charge is -2.15. The van der Waals surface area contributed by atoms with Crippen LogP contribution in [0.2, 0.25) is 0 Å². The van der Waals surface area contributed by atoms with Crippen LogP contribution in [0, 0.1) is 0 Å². The molecule has 0 atom stereocenters. The highest BCUT2D eigenvalue weighted by atomic mass is 32.1. The Morgan fingerprint density at radius 3 is 2.33 bits per heavy atom. The molecule has 0 saturated carbocycles. The molecule has 0 bridgehead atoms. The molecule has 0 aliphatic carbocycles. The summed E-state index contributed by atoms with van der Waals surface area (Å²) in [5.41, 5.74) is 0.980. The van der Waals surface area contributed by atoms with Crippen LogP contribution in [0.5, 0.6) is 17.2 Å². The predicted octanol–water partition coefficient (Wildman–Crippen LogP) is 4.11. The van der Waals surface area contributed by atoms with Gasteiger partial charge in [-0.2, -0.15) is 8.78 Å². The number of rotatable bonds is 6. The third kappa shape index (κ3) is 4.69. The van der Waals surface area contributed by atoms with Crippen molar-refractivity contribution in [3.8, 4) is 17.2 Å². The third-order valence-corrected chi connectivity index (χ3v) is 3.20. The molecule has 0 radical (unpaired) electrons. The van der Waals surface area contributed by atoms with Gasteiger partial charge in [0.05, 0.1) is 19.9 Å². The van der Waals surface area contributed by atoms with Crippen molar-refractivity contribution in [2.45, 2.75) is 6.61 Å². The second-order valence-corrected chi connectivity index (χ2v) is 4.93. The lowest BCUT2D eigenvalue weighted by molar-refractivity contribution is -0.0493. The molecule has 0 spiro atoms. The number of hydrogen-bond acceptors (Lipinski definition) is 4. The fourth-order valence-corrected chi connectivity index (χ4v) is 2.20. The van der Waals surface area contributed by atoms with Gasteiger partial charge in [-0.3, -0.25) is 0 Å². The maximum Gasteiger partial charge on any atom is 0.387 e. The summed E-state index contributed by atoms with van der Waals surface area (Å²) in [6, 6.07) is 11.4. The predicted molar refractivity (Wildman–Crippen MR) is 92.5 cm³/mol. The summed E-state index contributed by atoms with van der Waals surface area (Å²) < 4.78 is 39.6. The maximum absolute atomic E-state index is 12.4. The summed E-state index contributed by atoms with van der Waals surface area (Å²) in [7, 11) is 3.06. The van der Waals surface area contributed by atoms with E-state index in [1.807, 2.05) is 0 Å². The molecule has 0 unspecified atom stereocenters. The Morgan fingerprint density at radius 2 is 1.67 bits per heavy atom. The molecule has 2 aromatic carbocycles. The highest BCUT2D eigenvalue weighted by molar-refractivity contribution is 7.80. The van der Waals surface area contributed by atoms with Crippen LogP contribution in [-0.4, -0.2) is 25.9 Å². The average molecular weight is 354 g/mol. The van der Waals surface area contributed by atoms with Gasteiger partial charge in [-0.25, -0.2) is 0 Å². The third-order valence-electron chi connectivity index (χ3n) is 2.99. The second-order valence-electron chi connectivity index (χ2n) is 4.52. The van der Waals surface area contributed by atoms with Gasteiger partial charge in [-0.05, 0) is 36.5 Å². The number of benzene rings is 2. The normalized spacial score (nSPS) is 10.2. The van der Waals surface area contributed by atoms with E-state index in [9.17, 15) is 8.78 Å². The molecule has 8 heteroatoms. The molecule has 2 N–H and O–H groups in total. The van der Waals surface area contributed by atoms with Gasteiger partial charge in [0, 0.05) is 11.8 Å². The molecule has 0 saturated heterocycles. The molecular formula is C16H16F2N2O3S. The Labute approximate surface area is 143 Å². The first-order valence-corrected chi connectivity index (χ1v) is 7.28. The molecule has 0 aromatic heterocycles. The number of para-hydroxylation sites is 2. The van der Waals surface area contributed by atoms with Gasteiger partial charge in [-0.15, -0.1) is 0 Å². The monoisotopic (exact) mass is 354 g/mol. The van der Waals surface area contributed by atoms with E-state index in [0.29, 0.717) is 22.9 Å². The minimum atomic E-state index is -2.92. The van der Waals surface area contributed by atoms with Gasteiger partial charge in [0.2, 0.25) is 0 Å². The van der Waals surface area contributed by atoms with E-state index < -0.39 is 6.61 Å². The van der Waals surface area contributed by atoms with E-state index in [0.717, 1.165) is 0 Å². The zero-order valence-corrected chi connectivity index (χ0v) is 13.8. The van der Waals surface area contributed by atoms with Crippen molar-refractivity contribution in [3.63, 3.8) is 0 Å². The van der Waals surface area contributed by atoms with Crippen molar-refractivity contribution in [3.05, 3.63) is 42.5 Å². The van der Waals surface area contributed by atoms with E-state index in [-0.39, 0.29) is 10.9 Å². The van der Waals surface area contributed by atoms with Crippen LogP contribution in [0.3, 0.4) is 0 Å². The van der Waals surface area contributed by atoms with Crippen molar-refractivity contribution < 1.29 is 23.0 Å². The summed E-state index contributed by atoms with van der Waals surface area (Å²) in [5.74, 6) is 1.12. The average Bonchev–Trinajstić information content (AvgIpc) is 2.56. The molecule has 5 nitrogen and oxygen atoms in total. The molecule has 0 amide bonds. The summed E-state index contributed by atoms with van der Waals surface area (Å²) >= 11 is 5.19. The van der Waals surface area contributed by atoms with Gasteiger partial charge in [0.25, 0.3) is 0 Å². The topological polar surface area (TPSA) is 51.8 Å². The van der Waals surface area contributed by atoms with E-state index in [1.165, 1.54) is 20.3 Å². The molecule has 2 rings (SSSR count). The fourth-order valence-electron chi connectivity index (χ4n) is 1.97. The quantitative estimate of drug-likeness (QED) is 0.762. The zero-order chi connectivity index (χ0) is 17.5. The zero-order valence-electron chi connectivity index (χ0n) is 13.0. The largest absolute Gasteiger partial charge is 0.493 e. The first-order chi connectivity index (χ1) is 11.5. The molecule has 128 valence electrons. The fraction of sp³-hybridized carbons (Fsp3) is 0.188. The van der Waals surface area contributed by atoms with Gasteiger partial charge in [0.1, 0.15) is 5.75 Å². The van der Waals surface area contributed by atoms with E-state index in [1.54, 1.807) is 36.4 Å². The molecule has 0 aliphatic heterocycles. The van der Waals surface area contributed by atoms with Crippen molar-refractivity contribution in [2.75, 3.05) is 24.9 Å². The lowest BCUT2D eigenvalue weighted by Crippen LogP contribution is -2.20. The minimum absolute atomic E-state index is 0.00367. The van der Waals surface area contributed by atoms with Crippen LogP contribution in [0.1, 0.15) is 0 Å². The summed E-state index contributed by atoms with van der Waals surface area (Å²) in [4.78, 5) is 0. The Balaban J connectivity index is 2.09. The minimum Gasteiger partial charge on any atom is -0.493 e. The standard InChI is InChI=1S/C16H16F2N2O3S/c1-21-13-8-7-10(9-14(13)22-2)19-16(24)20-11-5-3-4-6-12(11)23-15(17)18/h3-9,15H,1-2H3,(H2,19,20,24). The Bertz CT molecular complexity index is 713. The van der Waals surface area contributed by atoms with Crippen LogP contribution in [-0.2, 0) is 0 Å². The van der Waals surface area contributed by atoms with Crippen LogP contribution in [0.25, 0.3) is 0 Å². The summed E-state index contributed by atoms with van der Waals surface area (Å²) in [6.07, 6.45) is 0. The molecule has 24 heavy (non-hydrogen) atoms. The number of methoxy groups -OCH3 is 2. The van der Waals surface area contributed by atoms with Gasteiger partial charge >= 0.3 is 6.61 Å². The number of hydrogen-bond donors (Lipinski definition) is 2. The van der Waals surface area contributed by atoms with E-state index in [4.69, 9.17) is 21.7 Å². The Morgan fingerprint density at radius 1 is 0.958 bits per heavy atom. The van der Waals surface area contributed by atoms with Gasteiger partial charge in [0.15, 0.2) is 16.6 Å². The maximum atomic E-state index is 12.4. The molecule has 0 aliphatic rings. The number of alkyl halides is 2. The number of anilines is 2. The highest BCUT2D eigenvalue weighted by Crippen LogP contribution is 2.30. The lowest BCUT2D eigenvalue weighted by atomic mass is 10.2. The second kappa shape index (κ2) is 8.30. The number of nitrogens with one attached hydrogen (secondary N) is 2. The van der Waals surface area contributed by atoms with E-state index in [2.05, 4.69) is 15.4 Å². The smallest absolute Gasteiger partial charge is 0.387 e. The van der Waals surface area contributed by atoms with Crippen LogP contribution in [0.4, 0.5) is 20.2 Å². The van der Waals surface area contributed by atoms with Crippen molar-refractivity contribution in [1.29, 1.82) is 0 Å². The first-order valence-electron chi connectivity index (χ1n) is 6.87. The van der Waals surface area contributed by atoms with Crippen LogP contribution >= 0.6 is 12.2 Å². The molecule has 0 fully saturated rings. The molecule has 0 heterocycles. The molecule has 2 aromatic rings. The van der Waals surface area contributed by atoms with Crippen LogP contribution in [0.15, 0.2) is 42.5 Å². The SMILES string of the molecule is COc1ccc(NC(=S)Nc2ccccc2OC(F)F)cc1OC. The van der Waals surface area contributed by atoms with E-state index >= 15 is 0 Å².